The molecule has 0 radical (unpaired) electrons. The number of aromatic nitrogens is 2. The third-order valence-corrected chi connectivity index (χ3v) is 7.87. The molecule has 0 saturated heterocycles. The van der Waals surface area contributed by atoms with E-state index in [0.717, 1.165) is 24.0 Å². The number of aliphatic hydroxyl groups excluding tert-OH is 1. The highest BCUT2D eigenvalue weighted by Crippen LogP contribution is 2.37. The largest absolute Gasteiger partial charge is 0.391 e. The van der Waals surface area contributed by atoms with E-state index in [-0.39, 0.29) is 24.0 Å². The number of nitrogens with zero attached hydrogens (tertiary/aromatic N) is 2. The normalized spacial score (nSPS) is 22.1. The fourth-order valence-corrected chi connectivity index (χ4v) is 5.47. The topological polar surface area (TPSA) is 123 Å². The first kappa shape index (κ1) is 26.9. The highest BCUT2D eigenvalue weighted by Gasteiger charge is 2.34. The zero-order chi connectivity index (χ0) is 27.1. The Balaban J connectivity index is 1.66. The average Bonchev–Trinajstić information content (AvgIpc) is 2.82. The third-order valence-electron chi connectivity index (χ3n) is 6.78. The van der Waals surface area contributed by atoms with E-state index in [9.17, 15) is 31.5 Å². The smallest absolute Gasteiger partial charge is 0.185 e. The van der Waals surface area contributed by atoms with Crippen LogP contribution in [-0.4, -0.2) is 47.7 Å². The maximum atomic E-state index is 14.7. The van der Waals surface area contributed by atoms with E-state index < -0.39 is 61.4 Å². The summed E-state index contributed by atoms with van der Waals surface area (Å²) in [4.78, 5) is 20.5. The number of aliphatic hydroxyl groups is 1. The second-order valence-corrected chi connectivity index (χ2v) is 11.6. The van der Waals surface area contributed by atoms with Crippen molar-refractivity contribution >= 4 is 15.6 Å². The number of benzene rings is 1. The first-order chi connectivity index (χ1) is 17.4. The van der Waals surface area contributed by atoms with Gasteiger partial charge in [-0.1, -0.05) is 6.92 Å². The second kappa shape index (κ2) is 10.3. The first-order valence-corrected chi connectivity index (χ1v) is 13.5. The van der Waals surface area contributed by atoms with E-state index in [1.807, 2.05) is 6.92 Å². The molecule has 11 heteroatoms. The molecule has 0 amide bonds. The molecule has 2 heterocycles. The molecule has 2 aromatic heterocycles. The first-order valence-electron chi connectivity index (χ1n) is 11.6. The molecule has 3 aromatic rings. The van der Waals surface area contributed by atoms with Gasteiger partial charge in [0.1, 0.15) is 28.8 Å². The quantitative estimate of drug-likeness (QED) is 0.464. The van der Waals surface area contributed by atoms with Crippen molar-refractivity contribution in [2.75, 3.05) is 6.26 Å². The summed E-state index contributed by atoms with van der Waals surface area (Å²) in [5.41, 5.74) is 5.74. The van der Waals surface area contributed by atoms with Gasteiger partial charge in [0.25, 0.3) is 0 Å². The van der Waals surface area contributed by atoms with Crippen molar-refractivity contribution in [3.8, 4) is 11.3 Å². The molecule has 1 saturated carbocycles. The number of halogens is 3. The number of nitrogens with two attached hydrogens (primary N) is 1. The van der Waals surface area contributed by atoms with Crippen LogP contribution in [0.15, 0.2) is 47.6 Å². The van der Waals surface area contributed by atoms with Crippen LogP contribution in [0.3, 0.4) is 0 Å². The van der Waals surface area contributed by atoms with E-state index in [1.165, 1.54) is 0 Å². The molecular weight excluding hydrogens is 507 g/mol. The number of hydrogen-bond acceptors (Lipinski definition) is 7. The summed E-state index contributed by atoms with van der Waals surface area (Å²) in [5, 5.41) is 10.2. The van der Waals surface area contributed by atoms with Crippen LogP contribution >= 0.6 is 0 Å². The van der Waals surface area contributed by atoms with Gasteiger partial charge in [0.15, 0.2) is 15.6 Å². The number of sulfone groups is 1. The lowest BCUT2D eigenvalue weighted by atomic mass is 9.74. The van der Waals surface area contributed by atoms with Crippen molar-refractivity contribution in [1.82, 2.24) is 9.97 Å². The van der Waals surface area contributed by atoms with E-state index in [0.29, 0.717) is 30.5 Å². The maximum Gasteiger partial charge on any atom is 0.185 e. The number of rotatable bonds is 6. The highest BCUT2D eigenvalue weighted by atomic mass is 32.2. The Kier molecular flexibility index (Phi) is 7.50. The van der Waals surface area contributed by atoms with Gasteiger partial charge >= 0.3 is 0 Å². The minimum Gasteiger partial charge on any atom is -0.391 e. The molecule has 4 rings (SSSR count). The molecule has 4 atom stereocenters. The molecule has 0 spiro atoms. The van der Waals surface area contributed by atoms with Gasteiger partial charge in [0.2, 0.25) is 0 Å². The molecule has 0 aliphatic heterocycles. The van der Waals surface area contributed by atoms with E-state index in [2.05, 4.69) is 9.97 Å². The zero-order valence-corrected chi connectivity index (χ0v) is 21.0. The number of carbonyl (C=O) groups excluding carboxylic acids is 1. The van der Waals surface area contributed by atoms with E-state index in [4.69, 9.17) is 5.73 Å². The Bertz CT molecular complexity index is 1430. The Hall–Kier alpha value is -3.15. The minimum atomic E-state index is -3.91. The molecule has 0 bridgehead atoms. The minimum absolute atomic E-state index is 0.00695. The van der Waals surface area contributed by atoms with Gasteiger partial charge in [-0.2, -0.15) is 0 Å². The molecule has 37 heavy (non-hydrogen) atoms. The summed E-state index contributed by atoms with van der Waals surface area (Å²) in [7, 11) is -3.91. The Labute approximate surface area is 212 Å². The van der Waals surface area contributed by atoms with Gasteiger partial charge in [0.05, 0.1) is 16.6 Å². The van der Waals surface area contributed by atoms with Gasteiger partial charge < -0.3 is 10.8 Å². The number of Topliss-reactive ketones (excluding diaryl/α,β-unsaturated/α-hetero) is 1. The molecule has 1 fully saturated rings. The zero-order valence-electron chi connectivity index (χ0n) is 20.2. The number of hydrogen-bond donors (Lipinski definition) is 2. The average molecular weight is 534 g/mol. The fraction of sp³-hybridized carbons (Fsp3) is 0.346. The third kappa shape index (κ3) is 5.58. The predicted octanol–water partition coefficient (Wildman–Crippen LogP) is 3.59. The van der Waals surface area contributed by atoms with Crippen molar-refractivity contribution in [3.63, 3.8) is 0 Å². The summed E-state index contributed by atoms with van der Waals surface area (Å²) < 4.78 is 67.3. The van der Waals surface area contributed by atoms with Gasteiger partial charge in [0, 0.05) is 31.1 Å². The standard InChI is InChI=1S/C26H26F3N3O4S/c1-13-7-14(8-21(30)26(13)34)17-5-6-31-12-15(17)9-23(33)22-4-3-18(27)25(32-22)24-19(28)10-16(11-20(24)29)37(2,35)36/h3-6,10-14,21,26,34H,7-9,30H2,1-2H3/t13-,14+,21+,26+/m0/s1. The molecule has 196 valence electrons. The lowest BCUT2D eigenvalue weighted by Crippen LogP contribution is -2.44. The Morgan fingerprint density at radius 2 is 1.78 bits per heavy atom. The molecule has 7 nitrogen and oxygen atoms in total. The summed E-state index contributed by atoms with van der Waals surface area (Å²) in [6.45, 7) is 1.91. The van der Waals surface area contributed by atoms with Crippen molar-refractivity contribution in [2.45, 2.75) is 49.1 Å². The fourth-order valence-electron chi connectivity index (χ4n) is 4.84. The highest BCUT2D eigenvalue weighted by molar-refractivity contribution is 7.90. The van der Waals surface area contributed by atoms with Crippen molar-refractivity contribution in [1.29, 1.82) is 0 Å². The number of pyridine rings is 2. The molecule has 3 N–H and O–H groups in total. The monoisotopic (exact) mass is 533 g/mol. The van der Waals surface area contributed by atoms with Crippen LogP contribution in [0.4, 0.5) is 13.2 Å². The van der Waals surface area contributed by atoms with Gasteiger partial charge in [-0.15, -0.1) is 0 Å². The Morgan fingerprint density at radius 1 is 1.11 bits per heavy atom. The lowest BCUT2D eigenvalue weighted by molar-refractivity contribution is 0.0519. The summed E-state index contributed by atoms with van der Waals surface area (Å²) in [5.74, 6) is -4.30. The van der Waals surface area contributed by atoms with Gasteiger partial charge in [-0.3, -0.25) is 9.78 Å². The van der Waals surface area contributed by atoms with Gasteiger partial charge in [-0.25, -0.2) is 26.6 Å². The van der Waals surface area contributed by atoms with Crippen LogP contribution in [0.5, 0.6) is 0 Å². The summed E-state index contributed by atoms with van der Waals surface area (Å²) in [6, 6.07) is 4.54. The van der Waals surface area contributed by atoms with Crippen LogP contribution in [0.25, 0.3) is 11.3 Å². The molecule has 1 aromatic carbocycles. The SMILES string of the molecule is C[C@H]1C[C@@H](c2ccncc2CC(=O)c2ccc(F)c(-c3c(F)cc(S(C)(=O)=O)cc3F)n2)C[C@@H](N)[C@@H]1O. The van der Waals surface area contributed by atoms with Crippen LogP contribution in [0, 0.1) is 23.4 Å². The van der Waals surface area contributed by atoms with E-state index >= 15 is 0 Å². The molecule has 0 unspecified atom stereocenters. The molecule has 1 aliphatic rings. The van der Waals surface area contributed by atoms with Crippen LogP contribution < -0.4 is 5.73 Å². The number of ketones is 1. The number of carbonyl (C=O) groups is 1. The van der Waals surface area contributed by atoms with Crippen LogP contribution in [-0.2, 0) is 16.3 Å². The lowest BCUT2D eigenvalue weighted by Gasteiger charge is -2.36. The summed E-state index contributed by atoms with van der Waals surface area (Å²) in [6.07, 6.45) is 4.36. The Morgan fingerprint density at radius 3 is 2.41 bits per heavy atom. The maximum absolute atomic E-state index is 14.7. The van der Waals surface area contributed by atoms with Crippen LogP contribution in [0.2, 0.25) is 0 Å². The van der Waals surface area contributed by atoms with E-state index in [1.54, 1.807) is 18.5 Å². The van der Waals surface area contributed by atoms with Crippen molar-refractivity contribution in [2.24, 2.45) is 11.7 Å². The van der Waals surface area contributed by atoms with Crippen LogP contribution in [0.1, 0.15) is 47.3 Å². The van der Waals surface area contributed by atoms with Gasteiger partial charge in [-0.05, 0) is 66.1 Å². The molecular formula is C26H26F3N3O4S. The summed E-state index contributed by atoms with van der Waals surface area (Å²) >= 11 is 0. The van der Waals surface area contributed by atoms with Crippen molar-refractivity contribution < 1.29 is 31.5 Å². The molecule has 1 aliphatic carbocycles. The second-order valence-electron chi connectivity index (χ2n) is 9.54. The van der Waals surface area contributed by atoms with Crippen molar-refractivity contribution in [3.05, 3.63) is 77.0 Å². The predicted molar refractivity (Wildman–Crippen MR) is 130 cm³/mol.